The number of ether oxygens (including phenoxy) is 2. The van der Waals surface area contributed by atoms with Gasteiger partial charge >= 0.3 is 0 Å². The highest BCUT2D eigenvalue weighted by Crippen LogP contribution is 2.35. The van der Waals surface area contributed by atoms with Crippen LogP contribution in [0.25, 0.3) is 0 Å². The Kier molecular flexibility index (Phi) is 5.93. The van der Waals surface area contributed by atoms with Crippen molar-refractivity contribution >= 4 is 17.5 Å². The van der Waals surface area contributed by atoms with Crippen molar-refractivity contribution in [3.8, 4) is 11.5 Å². The van der Waals surface area contributed by atoms with Crippen molar-refractivity contribution in [2.75, 3.05) is 11.9 Å². The molecule has 7 heteroatoms. The Morgan fingerprint density at radius 2 is 1.94 bits per heavy atom. The second-order valence-corrected chi connectivity index (χ2v) is 7.32. The average Bonchev–Trinajstić information content (AvgIpc) is 3.41. The van der Waals surface area contributed by atoms with E-state index in [9.17, 15) is 9.59 Å². The molecule has 1 aliphatic rings. The third-order valence-electron chi connectivity index (χ3n) is 4.97. The largest absolute Gasteiger partial charge is 0.494 e. The fraction of sp³-hybridized carbons (Fsp3) is 0.250. The Balaban J connectivity index is 1.40. The molecule has 7 nitrogen and oxygen atoms in total. The molecule has 2 amide bonds. The third-order valence-corrected chi connectivity index (χ3v) is 4.97. The number of fused-ring (bicyclic) bond motifs is 1. The molecule has 1 atom stereocenters. The lowest BCUT2D eigenvalue weighted by Gasteiger charge is -2.13. The van der Waals surface area contributed by atoms with Crippen molar-refractivity contribution in [2.24, 2.45) is 0 Å². The van der Waals surface area contributed by atoms with E-state index in [0.717, 1.165) is 29.0 Å². The van der Waals surface area contributed by atoms with Gasteiger partial charge in [0.1, 0.15) is 17.6 Å². The number of nitrogens with one attached hydrogen (secondary N) is 2. The smallest absolute Gasteiger partial charge is 0.291 e. The minimum Gasteiger partial charge on any atom is -0.494 e. The molecule has 0 saturated carbocycles. The van der Waals surface area contributed by atoms with Gasteiger partial charge in [-0.1, -0.05) is 0 Å². The number of benzene rings is 2. The molecule has 2 aromatic carbocycles. The van der Waals surface area contributed by atoms with Crippen LogP contribution in [0, 0.1) is 0 Å². The van der Waals surface area contributed by atoms with Crippen molar-refractivity contribution in [3.63, 3.8) is 0 Å². The average molecular weight is 420 g/mol. The third kappa shape index (κ3) is 4.71. The molecule has 1 aliphatic heterocycles. The van der Waals surface area contributed by atoms with Gasteiger partial charge in [0.15, 0.2) is 5.76 Å². The van der Waals surface area contributed by atoms with Crippen molar-refractivity contribution in [1.29, 1.82) is 0 Å². The summed E-state index contributed by atoms with van der Waals surface area (Å²) in [5, 5.41) is 5.64. The van der Waals surface area contributed by atoms with Crippen LogP contribution in [0.4, 0.5) is 5.69 Å². The summed E-state index contributed by atoms with van der Waals surface area (Å²) in [5.41, 5.74) is 3.05. The zero-order chi connectivity index (χ0) is 21.8. The molecule has 31 heavy (non-hydrogen) atoms. The van der Waals surface area contributed by atoms with E-state index in [1.54, 1.807) is 36.4 Å². The summed E-state index contributed by atoms with van der Waals surface area (Å²) in [7, 11) is 0. The molecule has 0 unspecified atom stereocenters. The van der Waals surface area contributed by atoms with Gasteiger partial charge in [-0.2, -0.15) is 0 Å². The Hall–Kier alpha value is -3.74. The number of anilines is 1. The van der Waals surface area contributed by atoms with Crippen molar-refractivity contribution in [3.05, 3.63) is 77.2 Å². The van der Waals surface area contributed by atoms with E-state index in [-0.39, 0.29) is 23.7 Å². The SMILES string of the molecule is CCOc1cc2c(cc1CNC(=O)c1ccc(NC(=O)c3ccco3)cc1)O[C@@H](C)C2. The molecule has 0 bridgehead atoms. The van der Waals surface area contributed by atoms with Crippen molar-refractivity contribution < 1.29 is 23.5 Å². The summed E-state index contributed by atoms with van der Waals surface area (Å²) in [4.78, 5) is 24.6. The molecule has 2 N–H and O–H groups in total. The maximum absolute atomic E-state index is 12.6. The lowest BCUT2D eigenvalue weighted by molar-refractivity contribution is 0.0949. The normalized spacial score (nSPS) is 14.5. The van der Waals surface area contributed by atoms with Crippen molar-refractivity contribution in [1.82, 2.24) is 5.32 Å². The van der Waals surface area contributed by atoms with Crippen LogP contribution < -0.4 is 20.1 Å². The highest BCUT2D eigenvalue weighted by Gasteiger charge is 2.22. The fourth-order valence-electron chi connectivity index (χ4n) is 3.49. The molecular formula is C24H24N2O5. The number of hydrogen-bond donors (Lipinski definition) is 2. The van der Waals surface area contributed by atoms with E-state index in [1.807, 2.05) is 26.0 Å². The van der Waals surface area contributed by atoms with Crippen LogP contribution >= 0.6 is 0 Å². The Morgan fingerprint density at radius 1 is 1.13 bits per heavy atom. The molecule has 0 radical (unpaired) electrons. The van der Waals surface area contributed by atoms with Crippen LogP contribution in [0.3, 0.4) is 0 Å². The fourth-order valence-corrected chi connectivity index (χ4v) is 3.49. The molecule has 0 spiro atoms. The van der Waals surface area contributed by atoms with Gasteiger partial charge in [-0.05, 0) is 62.4 Å². The Labute approximate surface area is 180 Å². The Morgan fingerprint density at radius 3 is 2.65 bits per heavy atom. The predicted octanol–water partition coefficient (Wildman–Crippen LogP) is 4.18. The highest BCUT2D eigenvalue weighted by atomic mass is 16.5. The maximum atomic E-state index is 12.6. The van der Waals surface area contributed by atoms with E-state index in [2.05, 4.69) is 10.6 Å². The molecular weight excluding hydrogens is 396 g/mol. The van der Waals surface area contributed by atoms with E-state index in [1.165, 1.54) is 6.26 Å². The van der Waals surface area contributed by atoms with E-state index in [4.69, 9.17) is 13.9 Å². The molecule has 160 valence electrons. The molecule has 2 heterocycles. The summed E-state index contributed by atoms with van der Waals surface area (Å²) in [6.45, 7) is 4.82. The van der Waals surface area contributed by atoms with Gasteiger partial charge in [0.05, 0.1) is 12.9 Å². The van der Waals surface area contributed by atoms with Crippen molar-refractivity contribution in [2.45, 2.75) is 32.9 Å². The summed E-state index contributed by atoms with van der Waals surface area (Å²) < 4.78 is 16.7. The van der Waals surface area contributed by atoms with Gasteiger partial charge in [-0.3, -0.25) is 9.59 Å². The lowest BCUT2D eigenvalue weighted by atomic mass is 10.1. The van der Waals surface area contributed by atoms with Gasteiger partial charge in [0.2, 0.25) is 0 Å². The number of carbonyl (C=O) groups is 2. The van der Waals surface area contributed by atoms with E-state index < -0.39 is 0 Å². The van der Waals surface area contributed by atoms with Gasteiger partial charge < -0.3 is 24.5 Å². The van der Waals surface area contributed by atoms with Crippen LogP contribution in [-0.4, -0.2) is 24.5 Å². The number of furan rings is 1. The molecule has 0 saturated heterocycles. The Bertz CT molecular complexity index is 1070. The first-order chi connectivity index (χ1) is 15.0. The summed E-state index contributed by atoms with van der Waals surface area (Å²) in [5.74, 6) is 1.26. The van der Waals surface area contributed by atoms with Gasteiger partial charge in [0, 0.05) is 35.3 Å². The first-order valence-electron chi connectivity index (χ1n) is 10.2. The minimum absolute atomic E-state index is 0.140. The summed E-state index contributed by atoms with van der Waals surface area (Å²) >= 11 is 0. The van der Waals surface area contributed by atoms with E-state index >= 15 is 0 Å². The number of amides is 2. The molecule has 0 aliphatic carbocycles. The van der Waals surface area contributed by atoms with Crippen LogP contribution in [0.15, 0.2) is 59.2 Å². The first kappa shape index (κ1) is 20.5. The first-order valence-corrected chi connectivity index (χ1v) is 10.2. The molecule has 0 fully saturated rings. The zero-order valence-corrected chi connectivity index (χ0v) is 17.4. The minimum atomic E-state index is -0.348. The second-order valence-electron chi connectivity index (χ2n) is 7.32. The maximum Gasteiger partial charge on any atom is 0.291 e. The quantitative estimate of drug-likeness (QED) is 0.598. The molecule has 3 aromatic rings. The van der Waals surface area contributed by atoms with Gasteiger partial charge in [-0.15, -0.1) is 0 Å². The van der Waals surface area contributed by atoms with Crippen LogP contribution in [-0.2, 0) is 13.0 Å². The number of rotatable bonds is 7. The number of carbonyl (C=O) groups excluding carboxylic acids is 2. The number of hydrogen-bond acceptors (Lipinski definition) is 5. The highest BCUT2D eigenvalue weighted by molar-refractivity contribution is 6.02. The zero-order valence-electron chi connectivity index (χ0n) is 17.4. The molecule has 1 aromatic heterocycles. The second kappa shape index (κ2) is 8.95. The monoisotopic (exact) mass is 420 g/mol. The van der Waals surface area contributed by atoms with E-state index in [0.29, 0.717) is 24.4 Å². The van der Waals surface area contributed by atoms with Gasteiger partial charge in [0.25, 0.3) is 11.8 Å². The summed E-state index contributed by atoms with van der Waals surface area (Å²) in [6.07, 6.45) is 2.43. The van der Waals surface area contributed by atoms with Crippen LogP contribution in [0.1, 0.15) is 45.9 Å². The molecule has 4 rings (SSSR count). The van der Waals surface area contributed by atoms with Crippen LogP contribution in [0.5, 0.6) is 11.5 Å². The topological polar surface area (TPSA) is 89.8 Å². The summed E-state index contributed by atoms with van der Waals surface area (Å²) in [6, 6.07) is 13.8. The lowest BCUT2D eigenvalue weighted by Crippen LogP contribution is -2.23. The van der Waals surface area contributed by atoms with Crippen LogP contribution in [0.2, 0.25) is 0 Å². The van der Waals surface area contributed by atoms with Gasteiger partial charge in [-0.25, -0.2) is 0 Å². The predicted molar refractivity (Wildman–Crippen MR) is 116 cm³/mol. The standard InChI is InChI=1S/C24H24N2O5/c1-3-29-21-12-17-11-15(2)31-22(17)13-18(21)14-25-23(27)16-6-8-19(9-7-16)26-24(28)20-5-4-10-30-20/h4-10,12-13,15H,3,11,14H2,1-2H3,(H,25,27)(H,26,28)/t15-/m0/s1.